The lowest BCUT2D eigenvalue weighted by Gasteiger charge is -2.20. The van der Waals surface area contributed by atoms with Gasteiger partial charge in [0.25, 0.3) is 5.56 Å². The fourth-order valence-electron chi connectivity index (χ4n) is 4.43. The zero-order valence-electron chi connectivity index (χ0n) is 21.8. The zero-order valence-corrected chi connectivity index (χ0v) is 22.6. The molecule has 1 aromatic heterocycles. The summed E-state index contributed by atoms with van der Waals surface area (Å²) in [6.07, 6.45) is 2.23. The van der Waals surface area contributed by atoms with Gasteiger partial charge in [-0.2, -0.15) is 0 Å². The molecule has 4 rings (SSSR count). The monoisotopic (exact) mass is 552 g/mol. The van der Waals surface area contributed by atoms with Crippen LogP contribution in [0.1, 0.15) is 47.2 Å². The van der Waals surface area contributed by atoms with Crippen LogP contribution in [-0.4, -0.2) is 60.3 Å². The molecule has 3 aromatic rings. The number of aromatic nitrogens is 2. The van der Waals surface area contributed by atoms with Crippen LogP contribution in [0.3, 0.4) is 0 Å². The molecule has 2 aromatic carbocycles. The quantitative estimate of drug-likeness (QED) is 0.285. The molecule has 39 heavy (non-hydrogen) atoms. The first-order valence-corrected chi connectivity index (χ1v) is 14.7. The molecule has 3 atom stereocenters. The van der Waals surface area contributed by atoms with E-state index in [1.165, 1.54) is 6.33 Å². The number of hydrogen-bond donors (Lipinski definition) is 4. The summed E-state index contributed by atoms with van der Waals surface area (Å²) in [6.45, 7) is 2.31. The molecule has 8 nitrogen and oxygen atoms in total. The van der Waals surface area contributed by atoms with Crippen molar-refractivity contribution in [1.82, 2.24) is 20.6 Å². The molecule has 0 amide bonds. The molecule has 0 aliphatic carbocycles. The average Bonchev–Trinajstić information content (AvgIpc) is 3.30. The number of aromatic amines is 1. The summed E-state index contributed by atoms with van der Waals surface area (Å²) < 4.78 is 36.2. The Hall–Kier alpha value is -3.52. The predicted molar refractivity (Wildman–Crippen MR) is 149 cm³/mol. The van der Waals surface area contributed by atoms with E-state index in [0.717, 1.165) is 22.3 Å². The molecule has 206 valence electrons. The third kappa shape index (κ3) is 8.23. The van der Waals surface area contributed by atoms with Gasteiger partial charge in [0.05, 0.1) is 23.5 Å². The summed E-state index contributed by atoms with van der Waals surface area (Å²) in [5, 5.41) is 16.6. The van der Waals surface area contributed by atoms with E-state index in [9.17, 15) is 22.7 Å². The van der Waals surface area contributed by atoms with Crippen molar-refractivity contribution in [2.24, 2.45) is 0 Å². The minimum atomic E-state index is -2.90. The Kier molecular flexibility index (Phi) is 9.51. The summed E-state index contributed by atoms with van der Waals surface area (Å²) in [7, 11) is -2.90. The summed E-state index contributed by atoms with van der Waals surface area (Å²) in [5.74, 6) is 6.23. The van der Waals surface area contributed by atoms with Crippen molar-refractivity contribution in [2.75, 3.05) is 24.7 Å². The number of nitrogens with one attached hydrogen (secondary N) is 3. The fourth-order valence-corrected chi connectivity index (χ4v) is 6.13. The Morgan fingerprint density at radius 2 is 1.79 bits per heavy atom. The van der Waals surface area contributed by atoms with Crippen LogP contribution in [0.4, 0.5) is 4.39 Å². The first-order chi connectivity index (χ1) is 18.7. The van der Waals surface area contributed by atoms with E-state index in [-0.39, 0.29) is 35.2 Å². The van der Waals surface area contributed by atoms with Gasteiger partial charge >= 0.3 is 0 Å². The van der Waals surface area contributed by atoms with Gasteiger partial charge in [-0.15, -0.1) is 0 Å². The van der Waals surface area contributed by atoms with Crippen molar-refractivity contribution in [2.45, 2.75) is 44.3 Å². The standard InChI is InChI=1S/C29H33FN4O4S/c1-20(15-30)31-17-25(14-27-28(35)29(36)34-19-33-27)24-10-8-22(9-11-24)3-2-21-4-6-23(7-5-21)16-32-26-12-13-39(37,38)18-26/h4-11,19-20,25-26,31-32,35H,12-18H2,1H3,(H,33,34,36)/t20-,25-,26?/m0/s1. The Morgan fingerprint density at radius 3 is 2.41 bits per heavy atom. The highest BCUT2D eigenvalue weighted by molar-refractivity contribution is 7.91. The van der Waals surface area contributed by atoms with Crippen LogP contribution in [0.2, 0.25) is 0 Å². The topological polar surface area (TPSA) is 124 Å². The van der Waals surface area contributed by atoms with Gasteiger partial charge in [0.15, 0.2) is 9.84 Å². The third-order valence-electron chi connectivity index (χ3n) is 6.80. The van der Waals surface area contributed by atoms with E-state index >= 15 is 0 Å². The molecule has 0 bridgehead atoms. The van der Waals surface area contributed by atoms with Crippen molar-refractivity contribution < 1.29 is 17.9 Å². The molecule has 1 unspecified atom stereocenters. The number of nitrogens with zero attached hydrogens (tertiary/aromatic N) is 1. The average molecular weight is 553 g/mol. The summed E-state index contributed by atoms with van der Waals surface area (Å²) in [5.41, 5.74) is 3.40. The van der Waals surface area contributed by atoms with Gasteiger partial charge in [0.2, 0.25) is 5.75 Å². The number of aromatic hydroxyl groups is 1. The summed E-state index contributed by atoms with van der Waals surface area (Å²) in [6, 6.07) is 15.3. The molecule has 2 heterocycles. The van der Waals surface area contributed by atoms with Crippen LogP contribution in [0.5, 0.6) is 5.75 Å². The van der Waals surface area contributed by atoms with Crippen LogP contribution in [-0.2, 0) is 22.8 Å². The van der Waals surface area contributed by atoms with Crippen LogP contribution < -0.4 is 16.2 Å². The van der Waals surface area contributed by atoms with Crippen molar-refractivity contribution in [3.8, 4) is 17.6 Å². The maximum Gasteiger partial charge on any atom is 0.293 e. The number of H-pyrrole nitrogens is 1. The van der Waals surface area contributed by atoms with E-state index in [2.05, 4.69) is 32.4 Å². The van der Waals surface area contributed by atoms with Crippen LogP contribution in [0.25, 0.3) is 0 Å². The Bertz CT molecular complexity index is 1480. The number of halogens is 1. The van der Waals surface area contributed by atoms with E-state index in [1.807, 2.05) is 48.5 Å². The first-order valence-electron chi connectivity index (χ1n) is 12.9. The van der Waals surface area contributed by atoms with Gasteiger partial charge in [-0.1, -0.05) is 36.1 Å². The molecule has 10 heteroatoms. The Morgan fingerprint density at radius 1 is 1.13 bits per heavy atom. The van der Waals surface area contributed by atoms with E-state index in [4.69, 9.17) is 0 Å². The normalized spacial score (nSPS) is 17.7. The number of alkyl halides is 1. The highest BCUT2D eigenvalue weighted by atomic mass is 32.2. The highest BCUT2D eigenvalue weighted by Crippen LogP contribution is 2.23. The Balaban J connectivity index is 1.40. The van der Waals surface area contributed by atoms with Crippen molar-refractivity contribution in [1.29, 1.82) is 0 Å². The first kappa shape index (κ1) is 28.5. The second kappa shape index (κ2) is 13.0. The molecule has 4 N–H and O–H groups in total. The van der Waals surface area contributed by atoms with Crippen molar-refractivity contribution in [3.63, 3.8) is 0 Å². The van der Waals surface area contributed by atoms with E-state index in [0.29, 0.717) is 25.9 Å². The molecule has 1 fully saturated rings. The predicted octanol–water partition coefficient (Wildman–Crippen LogP) is 2.43. The van der Waals surface area contributed by atoms with E-state index in [1.54, 1.807) is 6.92 Å². The van der Waals surface area contributed by atoms with Gasteiger partial charge in [-0.05, 0) is 48.7 Å². The number of benzene rings is 2. The molecule has 1 saturated heterocycles. The van der Waals surface area contributed by atoms with Gasteiger partial charge in [-0.3, -0.25) is 4.79 Å². The largest absolute Gasteiger partial charge is 0.502 e. The molecular weight excluding hydrogens is 519 g/mol. The maximum absolute atomic E-state index is 13.0. The highest BCUT2D eigenvalue weighted by Gasteiger charge is 2.27. The minimum Gasteiger partial charge on any atom is -0.502 e. The number of sulfone groups is 1. The minimum absolute atomic E-state index is 0.0113. The van der Waals surface area contributed by atoms with E-state index < -0.39 is 27.8 Å². The molecule has 1 aliphatic heterocycles. The van der Waals surface area contributed by atoms with Gasteiger partial charge in [-0.25, -0.2) is 17.8 Å². The molecule has 0 spiro atoms. The SMILES string of the molecule is C[C@@H](CF)NC[C@H](Cc1nc[nH]c(=O)c1O)c1ccc(C#Cc2ccc(CNC3CCS(=O)(=O)C3)cc2)cc1. The van der Waals surface area contributed by atoms with Crippen LogP contribution >= 0.6 is 0 Å². The second-order valence-corrected chi connectivity index (χ2v) is 12.2. The van der Waals surface area contributed by atoms with Crippen molar-refractivity contribution in [3.05, 3.63) is 93.2 Å². The van der Waals surface area contributed by atoms with Crippen LogP contribution in [0.15, 0.2) is 59.7 Å². The lowest BCUT2D eigenvalue weighted by molar-refractivity contribution is 0.381. The van der Waals surface area contributed by atoms with Gasteiger partial charge in [0, 0.05) is 48.6 Å². The summed E-state index contributed by atoms with van der Waals surface area (Å²) in [4.78, 5) is 18.2. The third-order valence-corrected chi connectivity index (χ3v) is 8.57. The molecule has 0 saturated carbocycles. The Labute approximate surface area is 228 Å². The van der Waals surface area contributed by atoms with Crippen LogP contribution in [0, 0.1) is 11.8 Å². The maximum atomic E-state index is 13.0. The number of rotatable bonds is 10. The smallest absolute Gasteiger partial charge is 0.293 e. The number of hydrogen-bond acceptors (Lipinski definition) is 7. The molecule has 0 radical (unpaired) electrons. The fraction of sp³-hybridized carbons (Fsp3) is 0.379. The molecular formula is C29H33FN4O4S. The molecule has 1 aliphatic rings. The zero-order chi connectivity index (χ0) is 27.8. The van der Waals surface area contributed by atoms with Crippen molar-refractivity contribution >= 4 is 9.84 Å². The summed E-state index contributed by atoms with van der Waals surface area (Å²) >= 11 is 0. The lowest BCUT2D eigenvalue weighted by atomic mass is 9.92. The van der Waals surface area contributed by atoms with Gasteiger partial charge in [0.1, 0.15) is 6.67 Å². The second-order valence-electron chi connectivity index (χ2n) is 9.94. The lowest BCUT2D eigenvalue weighted by Crippen LogP contribution is -2.32. The van der Waals surface area contributed by atoms with Gasteiger partial charge < -0.3 is 20.7 Å².